The Balaban J connectivity index is 2.58. The van der Waals surface area contributed by atoms with Crippen molar-refractivity contribution in [3.63, 3.8) is 0 Å². The van der Waals surface area contributed by atoms with Crippen LogP contribution < -0.4 is 11.1 Å². The number of guanidine groups is 1. The van der Waals surface area contributed by atoms with E-state index in [9.17, 15) is 0 Å². The number of rotatable bonds is 3. The Bertz CT molecular complexity index is 321. The predicted octanol–water partition coefficient (Wildman–Crippen LogP) is 0.670. The summed E-state index contributed by atoms with van der Waals surface area (Å²) in [6, 6.07) is 0.102. The second kappa shape index (κ2) is 4.46. The Labute approximate surface area is 79.3 Å². The lowest BCUT2D eigenvalue weighted by atomic mass is 10.4. The van der Waals surface area contributed by atoms with E-state index in [1.165, 1.54) is 5.54 Å². The van der Waals surface area contributed by atoms with Crippen LogP contribution in [0.2, 0.25) is 0 Å². The van der Waals surface area contributed by atoms with Gasteiger partial charge in [0.05, 0.1) is 0 Å². The molecule has 0 spiro atoms. The smallest absolute Gasteiger partial charge is 0.328 e. The molecule has 0 aliphatic rings. The minimum Gasteiger partial charge on any atom is -0.370 e. The van der Waals surface area contributed by atoms with Gasteiger partial charge in [-0.2, -0.15) is 4.98 Å². The summed E-state index contributed by atoms with van der Waals surface area (Å²) in [7, 11) is 0. The number of nitrogens with two attached hydrogens (primary N) is 1. The summed E-state index contributed by atoms with van der Waals surface area (Å²) >= 11 is 5.31. The predicted molar refractivity (Wildman–Crippen MR) is 48.5 cm³/mol. The maximum atomic E-state index is 6.88. The number of nitrogens with one attached hydrogen (secondary N) is 2. The fraction of sp³-hybridized carbons (Fsp3) is 0.167. The number of nitrogens with zero attached hydrogens (tertiary/aromatic N) is 2. The molecule has 0 saturated heterocycles. The zero-order valence-electron chi connectivity index (χ0n) is 6.62. The fourth-order valence-corrected chi connectivity index (χ4v) is 0.742. The molecular weight excluding hydrogens is 194 g/mol. The first-order valence-corrected chi connectivity index (χ1v) is 3.85. The van der Waals surface area contributed by atoms with Gasteiger partial charge in [0.25, 0.3) is 0 Å². The summed E-state index contributed by atoms with van der Waals surface area (Å²) < 4.78 is 4.70. The molecule has 4 N–H and O–H groups in total. The van der Waals surface area contributed by atoms with Gasteiger partial charge < -0.3 is 10.3 Å². The second-order valence-electron chi connectivity index (χ2n) is 2.12. The second-order valence-corrected chi connectivity index (χ2v) is 2.37. The summed E-state index contributed by atoms with van der Waals surface area (Å²) in [5.41, 5.74) is 6.41. The van der Waals surface area contributed by atoms with E-state index in [-0.39, 0.29) is 12.0 Å². The standard InChI is InChI=1S/C6H8ClN5O/c7-3-1-2-4-10-6(13-12-4)11-5(8)9/h1,3H,2H2,(H4,8,9,10,11,12). The number of hydrogen-bond acceptors (Lipinski definition) is 4. The monoisotopic (exact) mass is 201 g/mol. The van der Waals surface area contributed by atoms with Crippen LogP contribution in [0.1, 0.15) is 5.82 Å². The molecule has 1 rings (SSSR count). The Hall–Kier alpha value is -1.56. The first-order valence-electron chi connectivity index (χ1n) is 3.41. The molecule has 0 unspecified atom stereocenters. The average molecular weight is 202 g/mol. The van der Waals surface area contributed by atoms with Crippen molar-refractivity contribution in [3.8, 4) is 0 Å². The third-order valence-corrected chi connectivity index (χ3v) is 1.28. The van der Waals surface area contributed by atoms with Crippen molar-refractivity contribution < 1.29 is 4.52 Å². The summed E-state index contributed by atoms with van der Waals surface area (Å²) in [5.74, 6) is 0.226. The van der Waals surface area contributed by atoms with Crippen molar-refractivity contribution >= 4 is 23.6 Å². The quantitative estimate of drug-likeness (QED) is 0.493. The van der Waals surface area contributed by atoms with Gasteiger partial charge in [0.15, 0.2) is 11.8 Å². The Kier molecular flexibility index (Phi) is 3.27. The van der Waals surface area contributed by atoms with Crippen molar-refractivity contribution in [3.05, 3.63) is 17.4 Å². The van der Waals surface area contributed by atoms with Crippen molar-refractivity contribution in [2.75, 3.05) is 5.32 Å². The largest absolute Gasteiger partial charge is 0.370 e. The molecule has 0 radical (unpaired) electrons. The molecule has 0 bridgehead atoms. The van der Waals surface area contributed by atoms with Crippen molar-refractivity contribution in [1.29, 1.82) is 5.41 Å². The first kappa shape index (κ1) is 9.53. The third-order valence-electron chi connectivity index (χ3n) is 1.10. The number of allylic oxidation sites excluding steroid dienone is 1. The summed E-state index contributed by atoms with van der Waals surface area (Å²) in [6.07, 6.45) is 2.15. The van der Waals surface area contributed by atoms with Crippen LogP contribution in [-0.2, 0) is 6.42 Å². The van der Waals surface area contributed by atoms with Crippen molar-refractivity contribution in [2.45, 2.75) is 6.42 Å². The van der Waals surface area contributed by atoms with Crippen LogP contribution in [0.3, 0.4) is 0 Å². The average Bonchev–Trinajstić information content (AvgIpc) is 2.48. The molecule has 70 valence electrons. The summed E-state index contributed by atoms with van der Waals surface area (Å²) in [6.45, 7) is 0. The van der Waals surface area contributed by atoms with Crippen molar-refractivity contribution in [2.24, 2.45) is 5.73 Å². The highest BCUT2D eigenvalue weighted by Crippen LogP contribution is 2.03. The summed E-state index contributed by atoms with van der Waals surface area (Å²) in [5, 5.41) is 12.8. The van der Waals surface area contributed by atoms with E-state index >= 15 is 0 Å². The molecule has 0 aromatic carbocycles. The molecule has 1 heterocycles. The molecule has 0 aliphatic carbocycles. The van der Waals surface area contributed by atoms with Crippen LogP contribution in [0.15, 0.2) is 16.1 Å². The highest BCUT2D eigenvalue weighted by atomic mass is 35.5. The van der Waals surface area contributed by atoms with Gasteiger partial charge in [-0.3, -0.25) is 10.7 Å². The van der Waals surface area contributed by atoms with Gasteiger partial charge in [-0.1, -0.05) is 22.8 Å². The SMILES string of the molecule is N=C(N)Nc1nc(CC=CCl)no1. The van der Waals surface area contributed by atoms with Crippen LogP contribution in [0.5, 0.6) is 0 Å². The Morgan fingerprint density at radius 3 is 3.15 bits per heavy atom. The normalized spacial score (nSPS) is 10.5. The van der Waals surface area contributed by atoms with E-state index in [1.807, 2.05) is 0 Å². The number of hydrogen-bond donors (Lipinski definition) is 3. The van der Waals surface area contributed by atoms with E-state index in [1.54, 1.807) is 6.08 Å². The van der Waals surface area contributed by atoms with Crippen molar-refractivity contribution in [1.82, 2.24) is 10.1 Å². The van der Waals surface area contributed by atoms with Gasteiger partial charge in [-0.15, -0.1) is 0 Å². The fourth-order valence-electron chi connectivity index (χ4n) is 0.653. The Morgan fingerprint density at radius 2 is 2.54 bits per heavy atom. The van der Waals surface area contributed by atoms with Crippen LogP contribution in [0, 0.1) is 5.41 Å². The van der Waals surface area contributed by atoms with Gasteiger partial charge in [0.1, 0.15) is 0 Å². The molecule has 0 atom stereocenters. The number of anilines is 1. The molecule has 1 aromatic heterocycles. The Morgan fingerprint density at radius 1 is 1.77 bits per heavy atom. The van der Waals surface area contributed by atoms with Gasteiger partial charge in [0.2, 0.25) is 0 Å². The van der Waals surface area contributed by atoms with Gasteiger partial charge in [-0.25, -0.2) is 0 Å². The molecule has 0 aliphatic heterocycles. The van der Waals surface area contributed by atoms with E-state index in [0.717, 1.165) is 0 Å². The minimum absolute atomic E-state index is 0.102. The number of halogens is 1. The zero-order chi connectivity index (χ0) is 9.68. The molecule has 0 amide bonds. The molecule has 6 nitrogen and oxygen atoms in total. The highest BCUT2D eigenvalue weighted by Gasteiger charge is 2.03. The highest BCUT2D eigenvalue weighted by molar-refractivity contribution is 6.25. The number of aromatic nitrogens is 2. The topological polar surface area (TPSA) is 101 Å². The van der Waals surface area contributed by atoms with Crippen LogP contribution >= 0.6 is 11.6 Å². The van der Waals surface area contributed by atoms with Gasteiger partial charge in [-0.05, 0) is 0 Å². The van der Waals surface area contributed by atoms with E-state index in [0.29, 0.717) is 12.2 Å². The molecule has 7 heteroatoms. The lowest BCUT2D eigenvalue weighted by Gasteiger charge is -1.92. The van der Waals surface area contributed by atoms with Gasteiger partial charge >= 0.3 is 6.01 Å². The van der Waals surface area contributed by atoms with E-state index in [2.05, 4.69) is 15.5 Å². The zero-order valence-corrected chi connectivity index (χ0v) is 7.38. The lowest BCUT2D eigenvalue weighted by Crippen LogP contribution is -2.20. The van der Waals surface area contributed by atoms with Crippen LogP contribution in [-0.4, -0.2) is 16.1 Å². The van der Waals surface area contributed by atoms with Gasteiger partial charge in [0, 0.05) is 12.0 Å². The molecule has 0 saturated carbocycles. The maximum Gasteiger partial charge on any atom is 0.328 e. The molecule has 13 heavy (non-hydrogen) atoms. The molecular formula is C6H8ClN5O. The van der Waals surface area contributed by atoms with E-state index in [4.69, 9.17) is 27.3 Å². The van der Waals surface area contributed by atoms with Crippen LogP contribution in [0.25, 0.3) is 0 Å². The lowest BCUT2D eigenvalue weighted by molar-refractivity contribution is 0.427. The first-order chi connectivity index (χ1) is 6.22. The maximum absolute atomic E-state index is 6.88. The van der Waals surface area contributed by atoms with E-state index < -0.39 is 0 Å². The van der Waals surface area contributed by atoms with Crippen LogP contribution in [0.4, 0.5) is 6.01 Å². The third kappa shape index (κ3) is 3.12. The molecule has 1 aromatic rings. The minimum atomic E-state index is -0.247. The molecule has 0 fully saturated rings. The summed E-state index contributed by atoms with van der Waals surface area (Å²) in [4.78, 5) is 3.87.